The first-order chi connectivity index (χ1) is 21.4. The minimum atomic E-state index is -4.18. The number of nitrogens with one attached hydrogen (secondary N) is 1. The number of carbonyl (C=O) groups excluding carboxylic acids is 2. The molecular weight excluding hydrogens is 629 g/mol. The van der Waals surface area contributed by atoms with E-state index in [1.807, 2.05) is 64.1 Å². The summed E-state index contributed by atoms with van der Waals surface area (Å²) in [6, 6.07) is 26.6. The van der Waals surface area contributed by atoms with Gasteiger partial charge in [0.05, 0.1) is 20.6 Å². The smallest absolute Gasteiger partial charge is 0.264 e. The molecule has 236 valence electrons. The van der Waals surface area contributed by atoms with E-state index in [1.165, 1.54) is 17.0 Å². The molecule has 4 rings (SSSR count). The number of rotatable bonds is 12. The number of carbonyl (C=O) groups is 2. The lowest BCUT2D eigenvalue weighted by molar-refractivity contribution is -0.140. The van der Waals surface area contributed by atoms with Crippen molar-refractivity contribution in [2.45, 2.75) is 57.6 Å². The average molecular weight is 667 g/mol. The molecule has 45 heavy (non-hydrogen) atoms. The van der Waals surface area contributed by atoms with Gasteiger partial charge in [0.2, 0.25) is 11.8 Å². The number of amides is 2. The van der Waals surface area contributed by atoms with Gasteiger partial charge in [0.25, 0.3) is 10.0 Å². The number of hydrogen-bond donors (Lipinski definition) is 1. The number of aryl methyl sites for hydroxylation is 1. The lowest BCUT2D eigenvalue weighted by atomic mass is 10.0. The SMILES string of the molecule is Cc1cccc(N(CC(=O)N(Cc2ccc(Cl)c(Cl)c2)[C@@H](Cc2ccccc2)C(=O)NC(C)C)S(=O)(=O)c2ccccc2)c1C. The summed E-state index contributed by atoms with van der Waals surface area (Å²) in [7, 11) is -4.18. The fourth-order valence-corrected chi connectivity index (χ4v) is 6.82. The Bertz CT molecular complexity index is 1750. The normalized spacial score (nSPS) is 12.1. The van der Waals surface area contributed by atoms with E-state index in [-0.39, 0.29) is 29.8 Å². The second kappa shape index (κ2) is 15.0. The van der Waals surface area contributed by atoms with Gasteiger partial charge in [-0.25, -0.2) is 8.42 Å². The van der Waals surface area contributed by atoms with Gasteiger partial charge in [0.1, 0.15) is 12.6 Å². The summed E-state index contributed by atoms with van der Waals surface area (Å²) in [5.41, 5.74) is 3.46. The summed E-state index contributed by atoms with van der Waals surface area (Å²) in [4.78, 5) is 29.8. The summed E-state index contributed by atoms with van der Waals surface area (Å²) in [5, 5.41) is 3.61. The molecule has 0 radical (unpaired) electrons. The Morgan fingerprint density at radius 1 is 0.800 bits per heavy atom. The van der Waals surface area contributed by atoms with Gasteiger partial charge in [-0.05, 0) is 80.3 Å². The van der Waals surface area contributed by atoms with Crippen molar-refractivity contribution >= 4 is 50.7 Å². The Morgan fingerprint density at radius 2 is 1.44 bits per heavy atom. The van der Waals surface area contributed by atoms with Crippen molar-refractivity contribution in [3.63, 3.8) is 0 Å². The third kappa shape index (κ3) is 8.45. The van der Waals surface area contributed by atoms with Crippen molar-refractivity contribution in [3.05, 3.63) is 129 Å². The molecular formula is C35H37Cl2N3O4S. The van der Waals surface area contributed by atoms with Crippen molar-refractivity contribution in [1.29, 1.82) is 0 Å². The quantitative estimate of drug-likeness (QED) is 0.177. The summed E-state index contributed by atoms with van der Waals surface area (Å²) in [6.45, 7) is 6.85. The molecule has 0 saturated carbocycles. The van der Waals surface area contributed by atoms with Crippen LogP contribution in [-0.4, -0.2) is 43.8 Å². The predicted octanol–water partition coefficient (Wildman–Crippen LogP) is 6.97. The highest BCUT2D eigenvalue weighted by Gasteiger charge is 2.35. The largest absolute Gasteiger partial charge is 0.352 e. The Balaban J connectivity index is 1.84. The molecule has 0 aliphatic carbocycles. The van der Waals surface area contributed by atoms with Crippen LogP contribution in [0.3, 0.4) is 0 Å². The topological polar surface area (TPSA) is 86.8 Å². The van der Waals surface area contributed by atoms with Crippen LogP contribution < -0.4 is 9.62 Å². The van der Waals surface area contributed by atoms with Crippen LogP contribution in [0.15, 0.2) is 102 Å². The van der Waals surface area contributed by atoms with E-state index in [1.54, 1.807) is 48.5 Å². The highest BCUT2D eigenvalue weighted by molar-refractivity contribution is 7.92. The summed E-state index contributed by atoms with van der Waals surface area (Å²) in [5.74, 6) is -0.909. The van der Waals surface area contributed by atoms with Crippen LogP contribution in [0.4, 0.5) is 5.69 Å². The Hall–Kier alpha value is -3.85. The van der Waals surface area contributed by atoms with Gasteiger partial charge in [0, 0.05) is 19.0 Å². The van der Waals surface area contributed by atoms with Crippen LogP contribution in [0.25, 0.3) is 0 Å². The van der Waals surface area contributed by atoms with E-state index in [9.17, 15) is 18.0 Å². The lowest BCUT2D eigenvalue weighted by Gasteiger charge is -2.34. The number of halogens is 2. The van der Waals surface area contributed by atoms with Gasteiger partial charge < -0.3 is 10.2 Å². The standard InChI is InChI=1S/C35H37Cl2N3O4S/c1-24(2)38-35(42)33(21-27-13-7-5-8-14-27)39(22-28-18-19-30(36)31(37)20-28)34(41)23-40(32-17-11-12-25(3)26(32)4)45(43,44)29-15-9-6-10-16-29/h5-20,24,33H,21-23H2,1-4H3,(H,38,42)/t33-/m0/s1. The zero-order valence-corrected chi connectivity index (χ0v) is 28.0. The molecule has 0 aliphatic rings. The number of sulfonamides is 1. The molecule has 0 unspecified atom stereocenters. The van der Waals surface area contributed by atoms with Crippen molar-refractivity contribution in [3.8, 4) is 0 Å². The summed E-state index contributed by atoms with van der Waals surface area (Å²) in [6.07, 6.45) is 0.210. The maximum atomic E-state index is 14.6. The molecule has 0 aliphatic heterocycles. The molecule has 1 N–H and O–H groups in total. The van der Waals surface area contributed by atoms with Crippen LogP contribution in [-0.2, 0) is 32.6 Å². The first-order valence-corrected chi connectivity index (χ1v) is 16.8. The number of benzene rings is 4. The van der Waals surface area contributed by atoms with Crippen LogP contribution >= 0.6 is 23.2 Å². The van der Waals surface area contributed by atoms with Gasteiger partial charge in [-0.1, -0.05) is 89.9 Å². The predicted molar refractivity (Wildman–Crippen MR) is 181 cm³/mol. The van der Waals surface area contributed by atoms with Crippen molar-refractivity contribution in [2.75, 3.05) is 10.8 Å². The highest BCUT2D eigenvalue weighted by atomic mass is 35.5. The molecule has 0 heterocycles. The average Bonchev–Trinajstić information content (AvgIpc) is 3.01. The van der Waals surface area contributed by atoms with Gasteiger partial charge in [-0.2, -0.15) is 0 Å². The highest BCUT2D eigenvalue weighted by Crippen LogP contribution is 2.30. The van der Waals surface area contributed by atoms with E-state index >= 15 is 0 Å². The van der Waals surface area contributed by atoms with Gasteiger partial charge in [-0.3, -0.25) is 13.9 Å². The van der Waals surface area contributed by atoms with E-state index < -0.39 is 28.5 Å². The van der Waals surface area contributed by atoms with Crippen LogP contribution in [0, 0.1) is 13.8 Å². The first kappa shape index (κ1) is 34.0. The Morgan fingerprint density at radius 3 is 2.07 bits per heavy atom. The van der Waals surface area contributed by atoms with Crippen molar-refractivity contribution < 1.29 is 18.0 Å². The number of nitrogens with zero attached hydrogens (tertiary/aromatic N) is 2. The molecule has 0 bridgehead atoms. The second-order valence-corrected chi connectivity index (χ2v) is 13.9. The zero-order valence-electron chi connectivity index (χ0n) is 25.7. The lowest BCUT2D eigenvalue weighted by Crippen LogP contribution is -2.54. The van der Waals surface area contributed by atoms with Gasteiger partial charge >= 0.3 is 0 Å². The molecule has 4 aromatic carbocycles. The van der Waals surface area contributed by atoms with E-state index in [0.717, 1.165) is 21.0 Å². The maximum Gasteiger partial charge on any atom is 0.264 e. The molecule has 2 amide bonds. The molecule has 0 fully saturated rings. The molecule has 0 saturated heterocycles. The van der Waals surface area contributed by atoms with Gasteiger partial charge in [-0.15, -0.1) is 0 Å². The number of hydrogen-bond acceptors (Lipinski definition) is 4. The molecule has 10 heteroatoms. The van der Waals surface area contributed by atoms with Crippen LogP contribution in [0.5, 0.6) is 0 Å². The van der Waals surface area contributed by atoms with E-state index in [0.29, 0.717) is 21.3 Å². The summed E-state index contributed by atoms with van der Waals surface area (Å²) >= 11 is 12.5. The van der Waals surface area contributed by atoms with Gasteiger partial charge in [0.15, 0.2) is 0 Å². The molecule has 7 nitrogen and oxygen atoms in total. The molecule has 0 spiro atoms. The van der Waals surface area contributed by atoms with Crippen LogP contribution in [0.2, 0.25) is 10.0 Å². The minimum Gasteiger partial charge on any atom is -0.352 e. The third-order valence-electron chi connectivity index (χ3n) is 7.49. The monoisotopic (exact) mass is 665 g/mol. The number of anilines is 1. The zero-order chi connectivity index (χ0) is 32.7. The van der Waals surface area contributed by atoms with Crippen molar-refractivity contribution in [1.82, 2.24) is 10.2 Å². The molecule has 1 atom stereocenters. The minimum absolute atomic E-state index is 0.00916. The Kier molecular flexibility index (Phi) is 11.3. The molecule has 4 aromatic rings. The second-order valence-electron chi connectivity index (χ2n) is 11.2. The maximum absolute atomic E-state index is 14.6. The Labute approximate surface area is 275 Å². The fourth-order valence-electron chi connectivity index (χ4n) is 5.01. The van der Waals surface area contributed by atoms with Crippen molar-refractivity contribution in [2.24, 2.45) is 0 Å². The van der Waals surface area contributed by atoms with Crippen LogP contribution in [0.1, 0.15) is 36.1 Å². The van der Waals surface area contributed by atoms with E-state index in [4.69, 9.17) is 23.2 Å². The first-order valence-electron chi connectivity index (χ1n) is 14.6. The fraction of sp³-hybridized carbons (Fsp3) is 0.257. The molecule has 0 aromatic heterocycles. The van der Waals surface area contributed by atoms with E-state index in [2.05, 4.69) is 5.32 Å². The third-order valence-corrected chi connectivity index (χ3v) is 10.0. The summed E-state index contributed by atoms with van der Waals surface area (Å²) < 4.78 is 29.5.